The van der Waals surface area contributed by atoms with E-state index in [9.17, 15) is 0 Å². The molecule has 0 heterocycles. The van der Waals surface area contributed by atoms with Crippen molar-refractivity contribution in [3.05, 3.63) is 0 Å². The third-order valence-corrected chi connectivity index (χ3v) is 0. The SMILES string of the molecule is ClBr.[Cs+].[I-]. The molecule has 0 aromatic heterocycles. The summed E-state index contributed by atoms with van der Waals surface area (Å²) in [6.07, 6.45) is 0. The Morgan fingerprint density at radius 1 is 1.25 bits per heavy atom. The molecule has 0 unspecified atom stereocenters. The molecular formula is BrClCsI. The van der Waals surface area contributed by atoms with E-state index in [1.165, 1.54) is 0 Å². The zero-order valence-electron chi connectivity index (χ0n) is 2.13. The number of hydrogen-bond donors (Lipinski definition) is 0. The van der Waals surface area contributed by atoms with Gasteiger partial charge >= 0.3 is 68.9 Å². The van der Waals surface area contributed by atoms with Crippen molar-refractivity contribution in [2.75, 3.05) is 0 Å². The largest absolute Gasteiger partial charge is 1.00 e. The molecule has 0 rings (SSSR count). The smallest absolute Gasteiger partial charge is 1.00 e. The summed E-state index contributed by atoms with van der Waals surface area (Å²) in [5.41, 5.74) is 0. The Kier molecular flexibility index (Phi) is 62.6. The number of rotatable bonds is 0. The van der Waals surface area contributed by atoms with Crippen LogP contribution in [-0.2, 0) is 0 Å². The molecule has 0 bridgehead atoms. The Morgan fingerprint density at radius 2 is 1.25 bits per heavy atom. The molecule has 0 fully saturated rings. The first-order valence-corrected chi connectivity index (χ1v) is 2.23. The summed E-state index contributed by atoms with van der Waals surface area (Å²) < 4.78 is 0. The fourth-order valence-electron chi connectivity index (χ4n) is 0. The molecule has 4 heavy (non-hydrogen) atoms. The number of hydrogen-bond acceptors (Lipinski definition) is 0. The quantitative estimate of drug-likeness (QED) is 0.375. The van der Waals surface area contributed by atoms with Crippen molar-refractivity contribution >= 4 is 25.1 Å². The van der Waals surface area contributed by atoms with Crippen molar-refractivity contribution in [1.82, 2.24) is 0 Å². The topological polar surface area (TPSA) is 0 Å². The van der Waals surface area contributed by atoms with Gasteiger partial charge in [-0.15, -0.1) is 0 Å². The average molecular weight is 375 g/mol. The molecule has 0 aliphatic rings. The van der Waals surface area contributed by atoms with Crippen LogP contribution in [-0.4, -0.2) is 0 Å². The predicted molar refractivity (Wildman–Crippen MR) is 14.8 cm³/mol. The Bertz CT molecular complexity index is 8.00. The Labute approximate surface area is 114 Å². The molecule has 0 aromatic rings. The van der Waals surface area contributed by atoms with Crippen LogP contribution >= 0.6 is 25.1 Å². The normalized spacial score (nSPS) is 1.50. The maximum Gasteiger partial charge on any atom is 1.00 e. The first-order chi connectivity index (χ1) is 1.00. The minimum Gasteiger partial charge on any atom is -1.00 e. The van der Waals surface area contributed by atoms with Gasteiger partial charge in [-0.05, 0) is 10.1 Å². The third kappa shape index (κ3) is 9.12. The Hall–Kier alpha value is 3.55. The van der Waals surface area contributed by atoms with Crippen LogP contribution in [0.2, 0.25) is 0 Å². The molecule has 22 valence electrons. The molecule has 4 heteroatoms. The van der Waals surface area contributed by atoms with Crippen LogP contribution in [0.4, 0.5) is 0 Å². The number of halogens is 3. The second kappa shape index (κ2) is 16.0. The fourth-order valence-corrected chi connectivity index (χ4v) is 0. The Balaban J connectivity index is -0.00000000500. The van der Waals surface area contributed by atoms with E-state index >= 15 is 0 Å². The maximum absolute atomic E-state index is 4.45. The summed E-state index contributed by atoms with van der Waals surface area (Å²) in [5, 5.41) is 0. The van der Waals surface area contributed by atoms with Crippen LogP contribution in [0.25, 0.3) is 0 Å². The van der Waals surface area contributed by atoms with Crippen LogP contribution in [0.1, 0.15) is 0 Å². The van der Waals surface area contributed by atoms with Crippen LogP contribution in [0, 0.1) is 0 Å². The molecule has 0 aromatic carbocycles. The first kappa shape index (κ1) is 15.6. The van der Waals surface area contributed by atoms with E-state index in [0.29, 0.717) is 0 Å². The van der Waals surface area contributed by atoms with E-state index in [4.69, 9.17) is 0 Å². The average Bonchev–Trinajstić information content (AvgIpc) is 1.00. The van der Waals surface area contributed by atoms with Gasteiger partial charge in [0.25, 0.3) is 0 Å². The monoisotopic (exact) mass is 374 g/mol. The zero-order valence-corrected chi connectivity index (χ0v) is 12.9. The fraction of sp³-hybridized carbons (Fsp3) is 0. The summed E-state index contributed by atoms with van der Waals surface area (Å²) in [6.45, 7) is 0. The standard InChI is InChI=1S/BrCl.Cs.HI/c1-2;;/h;;1H/q;+1;/p-1. The molecule has 0 saturated carbocycles. The summed E-state index contributed by atoms with van der Waals surface area (Å²) in [7, 11) is 4.45. The van der Waals surface area contributed by atoms with E-state index in [1.54, 1.807) is 0 Å². The summed E-state index contributed by atoms with van der Waals surface area (Å²) >= 11 is 2.41. The maximum atomic E-state index is 4.45. The molecule has 0 nitrogen and oxygen atoms in total. The second-order valence-corrected chi connectivity index (χ2v) is 0. The van der Waals surface area contributed by atoms with Crippen molar-refractivity contribution in [2.45, 2.75) is 0 Å². The molecule has 0 saturated heterocycles. The summed E-state index contributed by atoms with van der Waals surface area (Å²) in [6, 6.07) is 0. The van der Waals surface area contributed by atoms with Crippen LogP contribution in [0.5, 0.6) is 0 Å². The minimum atomic E-state index is 0. The molecule has 0 N–H and O–H groups in total. The molecular weight excluding hydrogens is 375 g/mol. The van der Waals surface area contributed by atoms with Gasteiger partial charge in [-0.3, -0.25) is 0 Å². The van der Waals surface area contributed by atoms with Crippen LogP contribution in [0.3, 0.4) is 0 Å². The van der Waals surface area contributed by atoms with E-state index < -0.39 is 0 Å². The Morgan fingerprint density at radius 3 is 1.25 bits per heavy atom. The van der Waals surface area contributed by atoms with Gasteiger partial charge in [0.05, 0.1) is 0 Å². The third-order valence-electron chi connectivity index (χ3n) is 0. The van der Waals surface area contributed by atoms with Crippen LogP contribution in [0.15, 0.2) is 0 Å². The van der Waals surface area contributed by atoms with Gasteiger partial charge < -0.3 is 24.0 Å². The van der Waals surface area contributed by atoms with Crippen LogP contribution < -0.4 is 92.9 Å². The van der Waals surface area contributed by atoms with E-state index in [2.05, 4.69) is 25.1 Å². The van der Waals surface area contributed by atoms with Crippen molar-refractivity contribution in [2.24, 2.45) is 0 Å². The molecule has 0 spiro atoms. The van der Waals surface area contributed by atoms with E-state index in [-0.39, 0.29) is 92.9 Å². The second-order valence-electron chi connectivity index (χ2n) is 0. The van der Waals surface area contributed by atoms with Gasteiger partial charge in [0.15, 0.2) is 0 Å². The van der Waals surface area contributed by atoms with Gasteiger partial charge in [0.2, 0.25) is 0 Å². The van der Waals surface area contributed by atoms with E-state index in [0.717, 1.165) is 0 Å². The molecule has 0 aliphatic heterocycles. The zero-order chi connectivity index (χ0) is 2.00. The predicted octanol–water partition coefficient (Wildman–Crippen LogP) is -4.46. The first-order valence-electron chi connectivity index (χ1n) is 0.143. The van der Waals surface area contributed by atoms with Gasteiger partial charge in [-0.2, -0.15) is 0 Å². The van der Waals surface area contributed by atoms with Gasteiger partial charge in [-0.25, -0.2) is 0 Å². The van der Waals surface area contributed by atoms with Crippen molar-refractivity contribution in [3.63, 3.8) is 0 Å². The van der Waals surface area contributed by atoms with Crippen molar-refractivity contribution in [3.8, 4) is 0 Å². The van der Waals surface area contributed by atoms with Gasteiger partial charge in [0.1, 0.15) is 0 Å². The van der Waals surface area contributed by atoms with Gasteiger partial charge in [-0.1, -0.05) is 0 Å². The molecule has 0 aliphatic carbocycles. The van der Waals surface area contributed by atoms with Gasteiger partial charge in [0, 0.05) is 15.0 Å². The molecule has 0 atom stereocenters. The van der Waals surface area contributed by atoms with E-state index in [1.807, 2.05) is 0 Å². The molecule has 0 radical (unpaired) electrons. The summed E-state index contributed by atoms with van der Waals surface area (Å²) in [5.74, 6) is 0. The van der Waals surface area contributed by atoms with Crippen molar-refractivity contribution < 1.29 is 92.9 Å². The van der Waals surface area contributed by atoms with Crippen molar-refractivity contribution in [1.29, 1.82) is 0 Å². The summed E-state index contributed by atoms with van der Waals surface area (Å²) in [4.78, 5) is 0. The molecule has 0 amide bonds. The minimum absolute atomic E-state index is 0.